The number of hydrogen-bond acceptors (Lipinski definition) is 2. The summed E-state index contributed by atoms with van der Waals surface area (Å²) >= 11 is 0. The summed E-state index contributed by atoms with van der Waals surface area (Å²) in [7, 11) is 0. The molecule has 3 nitrogen and oxygen atoms in total. The molecule has 0 radical (unpaired) electrons. The lowest BCUT2D eigenvalue weighted by molar-refractivity contribution is -0.122. The Morgan fingerprint density at radius 1 is 0.778 bits per heavy atom. The average Bonchev–Trinajstić information content (AvgIpc) is 2.70. The number of rotatable bonds is 7. The zero-order chi connectivity index (χ0) is 19.1. The normalized spacial score (nSPS) is 13.0. The van der Waals surface area contributed by atoms with Gasteiger partial charge in [-0.3, -0.25) is 4.79 Å². The first-order valence-electron chi connectivity index (χ1n) is 9.36. The van der Waals surface area contributed by atoms with Crippen molar-refractivity contribution in [3.05, 3.63) is 96.1 Å². The van der Waals surface area contributed by atoms with Gasteiger partial charge in [0.05, 0.1) is 6.04 Å². The fraction of sp³-hybridized carbons (Fsp3) is 0.208. The Bertz CT molecular complexity index is 845. The van der Waals surface area contributed by atoms with Crippen LogP contribution in [0.4, 0.5) is 0 Å². The lowest BCUT2D eigenvalue weighted by atomic mass is 10.0. The van der Waals surface area contributed by atoms with Crippen LogP contribution in [0.15, 0.2) is 84.9 Å². The van der Waals surface area contributed by atoms with E-state index in [9.17, 15) is 4.79 Å². The minimum Gasteiger partial charge on any atom is -0.352 e. The van der Waals surface area contributed by atoms with E-state index in [2.05, 4.69) is 41.7 Å². The number of benzene rings is 3. The molecule has 3 aromatic rings. The monoisotopic (exact) mass is 358 g/mol. The number of carbonyl (C=O) groups is 1. The van der Waals surface area contributed by atoms with Crippen LogP contribution in [0.1, 0.15) is 18.1 Å². The molecule has 27 heavy (non-hydrogen) atoms. The van der Waals surface area contributed by atoms with Crippen molar-refractivity contribution < 1.29 is 4.79 Å². The van der Waals surface area contributed by atoms with E-state index < -0.39 is 6.04 Å². The molecule has 2 unspecified atom stereocenters. The highest BCUT2D eigenvalue weighted by Gasteiger charge is 2.16. The first-order valence-corrected chi connectivity index (χ1v) is 9.36. The minimum atomic E-state index is -0.550. The molecule has 0 aliphatic rings. The molecule has 0 saturated carbocycles. The molecule has 0 saturated heterocycles. The van der Waals surface area contributed by atoms with E-state index in [0.717, 1.165) is 17.5 Å². The summed E-state index contributed by atoms with van der Waals surface area (Å²) in [4.78, 5) is 12.4. The van der Waals surface area contributed by atoms with Gasteiger partial charge in [-0.15, -0.1) is 0 Å². The molecule has 0 heterocycles. The predicted molar refractivity (Wildman–Crippen MR) is 111 cm³/mol. The minimum absolute atomic E-state index is 0.0476. The summed E-state index contributed by atoms with van der Waals surface area (Å²) in [6.07, 6.45) is 1.32. The van der Waals surface area contributed by atoms with Gasteiger partial charge in [-0.1, -0.05) is 84.9 Å². The summed E-state index contributed by atoms with van der Waals surface area (Å²) in [5.74, 6) is -0.106. The summed E-state index contributed by atoms with van der Waals surface area (Å²) in [5, 5.41) is 3.02. The van der Waals surface area contributed by atoms with E-state index in [-0.39, 0.29) is 11.9 Å². The van der Waals surface area contributed by atoms with Crippen LogP contribution in [0, 0.1) is 0 Å². The third kappa shape index (κ3) is 5.53. The molecule has 3 aromatic carbocycles. The van der Waals surface area contributed by atoms with E-state index in [1.54, 1.807) is 0 Å². The van der Waals surface area contributed by atoms with Gasteiger partial charge in [-0.05, 0) is 42.0 Å². The number of nitrogens with two attached hydrogens (primary N) is 1. The smallest absolute Gasteiger partial charge is 0.237 e. The molecule has 0 fully saturated rings. The van der Waals surface area contributed by atoms with Crippen molar-refractivity contribution in [1.29, 1.82) is 0 Å². The zero-order valence-corrected chi connectivity index (χ0v) is 15.6. The highest BCUT2D eigenvalue weighted by molar-refractivity contribution is 5.82. The van der Waals surface area contributed by atoms with Crippen LogP contribution >= 0.6 is 0 Å². The highest BCUT2D eigenvalue weighted by atomic mass is 16.2. The van der Waals surface area contributed by atoms with Crippen molar-refractivity contribution in [3.63, 3.8) is 0 Å². The molecule has 0 aliphatic heterocycles. The maximum atomic E-state index is 12.4. The molecule has 1 amide bonds. The maximum Gasteiger partial charge on any atom is 0.237 e. The maximum absolute atomic E-state index is 12.4. The third-order valence-electron chi connectivity index (χ3n) is 4.63. The van der Waals surface area contributed by atoms with Gasteiger partial charge in [0.1, 0.15) is 0 Å². The van der Waals surface area contributed by atoms with Gasteiger partial charge in [0.25, 0.3) is 0 Å². The summed E-state index contributed by atoms with van der Waals surface area (Å²) in [6.45, 7) is 2.01. The van der Waals surface area contributed by atoms with Crippen LogP contribution in [0.2, 0.25) is 0 Å². The quantitative estimate of drug-likeness (QED) is 0.671. The van der Waals surface area contributed by atoms with Gasteiger partial charge in [0.15, 0.2) is 0 Å². The van der Waals surface area contributed by atoms with E-state index in [1.165, 1.54) is 11.1 Å². The molecule has 3 rings (SSSR count). The fourth-order valence-electron chi connectivity index (χ4n) is 3.18. The highest BCUT2D eigenvalue weighted by Crippen LogP contribution is 2.19. The van der Waals surface area contributed by atoms with Crippen LogP contribution < -0.4 is 11.1 Å². The summed E-state index contributed by atoms with van der Waals surface area (Å²) in [6, 6.07) is 28.1. The van der Waals surface area contributed by atoms with Crippen molar-refractivity contribution in [1.82, 2.24) is 5.32 Å². The standard InChI is InChI=1S/C24H26N2O/c1-18(16-19-8-4-2-5-9-19)26-24(27)23(25)17-20-12-14-22(15-13-20)21-10-6-3-7-11-21/h2-15,18,23H,16-17,25H2,1H3,(H,26,27). The van der Waals surface area contributed by atoms with E-state index in [1.807, 2.05) is 55.5 Å². The van der Waals surface area contributed by atoms with Crippen LogP contribution in [-0.2, 0) is 17.6 Å². The van der Waals surface area contributed by atoms with Gasteiger partial charge in [0.2, 0.25) is 5.91 Å². The number of hydrogen-bond donors (Lipinski definition) is 2. The number of amides is 1. The lowest BCUT2D eigenvalue weighted by Gasteiger charge is -2.18. The zero-order valence-electron chi connectivity index (χ0n) is 15.6. The third-order valence-corrected chi connectivity index (χ3v) is 4.63. The Morgan fingerprint density at radius 3 is 1.93 bits per heavy atom. The van der Waals surface area contributed by atoms with E-state index >= 15 is 0 Å². The largest absolute Gasteiger partial charge is 0.352 e. The molecule has 2 atom stereocenters. The van der Waals surface area contributed by atoms with Gasteiger partial charge in [-0.2, -0.15) is 0 Å². The molecular weight excluding hydrogens is 332 g/mol. The molecular formula is C24H26N2O. The molecule has 0 bridgehead atoms. The second-order valence-electron chi connectivity index (χ2n) is 6.97. The first-order chi connectivity index (χ1) is 13.1. The summed E-state index contributed by atoms with van der Waals surface area (Å²) in [5.41, 5.74) is 10.7. The topological polar surface area (TPSA) is 55.1 Å². The summed E-state index contributed by atoms with van der Waals surface area (Å²) < 4.78 is 0. The van der Waals surface area contributed by atoms with Crippen molar-refractivity contribution in [2.45, 2.75) is 31.8 Å². The number of nitrogens with one attached hydrogen (secondary N) is 1. The van der Waals surface area contributed by atoms with Gasteiger partial charge < -0.3 is 11.1 Å². The van der Waals surface area contributed by atoms with E-state index in [4.69, 9.17) is 5.73 Å². The number of carbonyl (C=O) groups excluding carboxylic acids is 1. The predicted octanol–water partition coefficient (Wildman–Crippen LogP) is 3.97. The molecule has 0 aromatic heterocycles. The molecule has 138 valence electrons. The van der Waals surface area contributed by atoms with Gasteiger partial charge >= 0.3 is 0 Å². The second-order valence-corrected chi connectivity index (χ2v) is 6.97. The molecule has 3 heteroatoms. The van der Waals surface area contributed by atoms with Crippen LogP contribution in [0.3, 0.4) is 0 Å². The molecule has 0 aliphatic carbocycles. The van der Waals surface area contributed by atoms with Crippen molar-refractivity contribution >= 4 is 5.91 Å². The Kier molecular flexibility index (Phi) is 6.39. The van der Waals surface area contributed by atoms with Crippen LogP contribution in [0.25, 0.3) is 11.1 Å². The Balaban J connectivity index is 1.53. The van der Waals surface area contributed by atoms with Crippen LogP contribution in [-0.4, -0.2) is 18.0 Å². The molecule has 3 N–H and O–H groups in total. The Morgan fingerprint density at radius 2 is 1.30 bits per heavy atom. The second kappa shape index (κ2) is 9.15. The first kappa shape index (κ1) is 18.9. The van der Waals surface area contributed by atoms with E-state index in [0.29, 0.717) is 6.42 Å². The van der Waals surface area contributed by atoms with Gasteiger partial charge in [-0.25, -0.2) is 0 Å². The van der Waals surface area contributed by atoms with Crippen LogP contribution in [0.5, 0.6) is 0 Å². The Labute approximate surface area is 161 Å². The average molecular weight is 358 g/mol. The molecule has 0 spiro atoms. The van der Waals surface area contributed by atoms with Crippen molar-refractivity contribution in [2.75, 3.05) is 0 Å². The van der Waals surface area contributed by atoms with Crippen molar-refractivity contribution in [3.8, 4) is 11.1 Å². The van der Waals surface area contributed by atoms with Gasteiger partial charge in [0, 0.05) is 6.04 Å². The SMILES string of the molecule is CC(Cc1ccccc1)NC(=O)C(N)Cc1ccc(-c2ccccc2)cc1. The Hall–Kier alpha value is -2.91. The van der Waals surface area contributed by atoms with Crippen molar-refractivity contribution in [2.24, 2.45) is 5.73 Å². The fourth-order valence-corrected chi connectivity index (χ4v) is 3.18. The lowest BCUT2D eigenvalue weighted by Crippen LogP contribution is -2.46.